The van der Waals surface area contributed by atoms with Crippen LogP contribution in [0.4, 0.5) is 15.8 Å². The molecule has 0 atom stereocenters. The Morgan fingerprint density at radius 3 is 2.59 bits per heavy atom. The molecule has 9 heteroatoms. The quantitative estimate of drug-likeness (QED) is 0.629. The third kappa shape index (κ3) is 5.38. The van der Waals surface area contributed by atoms with Crippen LogP contribution in [0.15, 0.2) is 58.2 Å². The normalized spacial score (nSPS) is 10.4. The molecule has 1 aromatic heterocycles. The van der Waals surface area contributed by atoms with Crippen LogP contribution in [0.1, 0.15) is 6.92 Å². The predicted molar refractivity (Wildman–Crippen MR) is 99.8 cm³/mol. The van der Waals surface area contributed by atoms with Gasteiger partial charge in [-0.3, -0.25) is 9.59 Å². The number of halogens is 1. The van der Waals surface area contributed by atoms with Crippen molar-refractivity contribution >= 4 is 35.0 Å². The van der Waals surface area contributed by atoms with E-state index >= 15 is 0 Å². The highest BCUT2D eigenvalue weighted by Gasteiger charge is 2.12. The number of benzene rings is 2. The minimum atomic E-state index is -0.372. The van der Waals surface area contributed by atoms with Crippen LogP contribution in [-0.2, 0) is 9.59 Å². The van der Waals surface area contributed by atoms with Gasteiger partial charge in [0, 0.05) is 23.9 Å². The Hall–Kier alpha value is -3.20. The van der Waals surface area contributed by atoms with Gasteiger partial charge in [-0.2, -0.15) is 0 Å². The number of hydrogen-bond acceptors (Lipinski definition) is 6. The van der Waals surface area contributed by atoms with Crippen molar-refractivity contribution in [2.45, 2.75) is 12.1 Å². The molecule has 0 fully saturated rings. The van der Waals surface area contributed by atoms with Crippen LogP contribution in [0.5, 0.6) is 0 Å². The summed E-state index contributed by atoms with van der Waals surface area (Å²) < 4.78 is 18.4. The number of nitrogens with one attached hydrogen (secondary N) is 2. The van der Waals surface area contributed by atoms with Crippen molar-refractivity contribution in [3.8, 4) is 11.5 Å². The monoisotopic (exact) mass is 386 g/mol. The summed E-state index contributed by atoms with van der Waals surface area (Å²) >= 11 is 1.09. The van der Waals surface area contributed by atoms with Gasteiger partial charge in [0.15, 0.2) is 0 Å². The summed E-state index contributed by atoms with van der Waals surface area (Å²) in [7, 11) is 0. The van der Waals surface area contributed by atoms with E-state index in [4.69, 9.17) is 4.42 Å². The fourth-order valence-corrected chi connectivity index (χ4v) is 2.74. The number of carbonyl (C=O) groups excluding carboxylic acids is 2. The van der Waals surface area contributed by atoms with E-state index in [0.29, 0.717) is 16.9 Å². The highest BCUT2D eigenvalue weighted by Crippen LogP contribution is 2.25. The molecule has 0 spiro atoms. The van der Waals surface area contributed by atoms with Crippen LogP contribution in [-0.4, -0.2) is 27.8 Å². The first-order chi connectivity index (χ1) is 13.0. The number of thioether (sulfide) groups is 1. The van der Waals surface area contributed by atoms with Gasteiger partial charge in [-0.15, -0.1) is 10.2 Å². The molecule has 27 heavy (non-hydrogen) atoms. The first kappa shape index (κ1) is 18.6. The third-order valence-corrected chi connectivity index (χ3v) is 4.11. The molecule has 0 radical (unpaired) electrons. The highest BCUT2D eigenvalue weighted by atomic mass is 32.2. The first-order valence-electron chi connectivity index (χ1n) is 7.89. The summed E-state index contributed by atoms with van der Waals surface area (Å²) in [6, 6.07) is 12.5. The van der Waals surface area contributed by atoms with Gasteiger partial charge in [-0.25, -0.2) is 4.39 Å². The molecule has 0 unspecified atom stereocenters. The van der Waals surface area contributed by atoms with E-state index in [2.05, 4.69) is 20.8 Å². The Kier molecular flexibility index (Phi) is 5.82. The molecular weight excluding hydrogens is 371 g/mol. The van der Waals surface area contributed by atoms with Gasteiger partial charge < -0.3 is 15.1 Å². The number of anilines is 2. The lowest BCUT2D eigenvalue weighted by atomic mass is 10.2. The summed E-state index contributed by atoms with van der Waals surface area (Å²) in [6.07, 6.45) is 0. The summed E-state index contributed by atoms with van der Waals surface area (Å²) in [5.74, 6) is -0.489. The molecule has 0 aliphatic carbocycles. The molecule has 2 N–H and O–H groups in total. The molecule has 0 aliphatic heterocycles. The fraction of sp³-hybridized carbons (Fsp3) is 0.111. The molecule has 2 aromatic carbocycles. The van der Waals surface area contributed by atoms with Gasteiger partial charge in [0.2, 0.25) is 17.7 Å². The Morgan fingerprint density at radius 2 is 1.85 bits per heavy atom. The molecule has 0 saturated heterocycles. The second-order valence-electron chi connectivity index (χ2n) is 5.48. The lowest BCUT2D eigenvalue weighted by molar-refractivity contribution is -0.114. The zero-order valence-corrected chi connectivity index (χ0v) is 15.0. The topological polar surface area (TPSA) is 97.1 Å². The van der Waals surface area contributed by atoms with E-state index in [9.17, 15) is 14.0 Å². The van der Waals surface area contributed by atoms with Crippen molar-refractivity contribution in [1.29, 1.82) is 0 Å². The maximum atomic E-state index is 12.9. The summed E-state index contributed by atoms with van der Waals surface area (Å²) in [6.45, 7) is 1.42. The Morgan fingerprint density at radius 1 is 1.07 bits per heavy atom. The lowest BCUT2D eigenvalue weighted by Gasteiger charge is -2.03. The minimum absolute atomic E-state index is 0.0605. The molecule has 138 valence electrons. The van der Waals surface area contributed by atoms with E-state index in [1.807, 2.05) is 0 Å². The average molecular weight is 386 g/mol. The van der Waals surface area contributed by atoms with Crippen LogP contribution in [0.25, 0.3) is 11.5 Å². The van der Waals surface area contributed by atoms with Crippen LogP contribution in [0.3, 0.4) is 0 Å². The zero-order chi connectivity index (χ0) is 19.2. The molecule has 0 aliphatic rings. The van der Waals surface area contributed by atoms with Gasteiger partial charge in [-0.05, 0) is 42.5 Å². The maximum absolute atomic E-state index is 12.9. The Balaban J connectivity index is 1.58. The zero-order valence-electron chi connectivity index (χ0n) is 14.2. The summed E-state index contributed by atoms with van der Waals surface area (Å²) in [4.78, 5) is 23.1. The van der Waals surface area contributed by atoms with Gasteiger partial charge in [0.1, 0.15) is 5.82 Å². The van der Waals surface area contributed by atoms with E-state index in [-0.39, 0.29) is 34.5 Å². The van der Waals surface area contributed by atoms with Crippen molar-refractivity contribution in [2.24, 2.45) is 0 Å². The summed E-state index contributed by atoms with van der Waals surface area (Å²) in [5.41, 5.74) is 1.77. The van der Waals surface area contributed by atoms with Gasteiger partial charge in [0.05, 0.1) is 5.75 Å². The number of hydrogen-bond donors (Lipinski definition) is 2. The third-order valence-electron chi connectivity index (χ3n) is 3.29. The number of nitrogens with zero attached hydrogens (tertiary/aromatic N) is 2. The van der Waals surface area contributed by atoms with Crippen LogP contribution >= 0.6 is 11.8 Å². The standard InChI is InChI=1S/C18H15FN4O3S/c1-11(24)20-15-4-2-3-12(9-15)17-22-23-18(26-17)27-10-16(25)21-14-7-5-13(19)6-8-14/h2-9H,10H2,1H3,(H,20,24)(H,21,25). The number of rotatable bonds is 6. The number of carbonyl (C=O) groups is 2. The molecule has 3 rings (SSSR count). The molecule has 3 aromatic rings. The minimum Gasteiger partial charge on any atom is -0.411 e. The average Bonchev–Trinajstić information content (AvgIpc) is 3.11. The van der Waals surface area contributed by atoms with Gasteiger partial charge in [0.25, 0.3) is 5.22 Å². The van der Waals surface area contributed by atoms with Crippen molar-refractivity contribution in [3.63, 3.8) is 0 Å². The van der Waals surface area contributed by atoms with Crippen LogP contribution in [0.2, 0.25) is 0 Å². The Bertz CT molecular complexity index is 959. The smallest absolute Gasteiger partial charge is 0.277 e. The molecule has 1 heterocycles. The molecular formula is C18H15FN4O3S. The predicted octanol–water partition coefficient (Wildman–Crippen LogP) is 3.56. The van der Waals surface area contributed by atoms with E-state index in [1.54, 1.807) is 24.3 Å². The van der Waals surface area contributed by atoms with Gasteiger partial charge in [-0.1, -0.05) is 17.8 Å². The Labute approximate surface area is 158 Å². The van der Waals surface area contributed by atoms with Crippen molar-refractivity contribution in [1.82, 2.24) is 10.2 Å². The van der Waals surface area contributed by atoms with Crippen molar-refractivity contribution in [2.75, 3.05) is 16.4 Å². The fourth-order valence-electron chi connectivity index (χ4n) is 2.18. The summed E-state index contributed by atoms with van der Waals surface area (Å²) in [5, 5.41) is 13.4. The lowest BCUT2D eigenvalue weighted by Crippen LogP contribution is -2.13. The van der Waals surface area contributed by atoms with Gasteiger partial charge >= 0.3 is 0 Å². The largest absolute Gasteiger partial charge is 0.411 e. The van der Waals surface area contributed by atoms with Crippen LogP contribution in [0, 0.1) is 5.82 Å². The van der Waals surface area contributed by atoms with E-state index in [0.717, 1.165) is 11.8 Å². The van der Waals surface area contributed by atoms with Crippen molar-refractivity contribution in [3.05, 3.63) is 54.3 Å². The maximum Gasteiger partial charge on any atom is 0.277 e. The van der Waals surface area contributed by atoms with Crippen LogP contribution < -0.4 is 10.6 Å². The van der Waals surface area contributed by atoms with E-state index < -0.39 is 0 Å². The number of aromatic nitrogens is 2. The van der Waals surface area contributed by atoms with Crippen molar-refractivity contribution < 1.29 is 18.4 Å². The highest BCUT2D eigenvalue weighted by molar-refractivity contribution is 7.99. The molecule has 2 amide bonds. The number of amides is 2. The molecule has 7 nitrogen and oxygen atoms in total. The SMILES string of the molecule is CC(=O)Nc1cccc(-c2nnc(SCC(=O)Nc3ccc(F)cc3)o2)c1. The second kappa shape index (κ2) is 8.45. The first-order valence-corrected chi connectivity index (χ1v) is 8.88. The second-order valence-corrected chi connectivity index (χ2v) is 6.41. The van der Waals surface area contributed by atoms with E-state index in [1.165, 1.54) is 31.2 Å². The molecule has 0 bridgehead atoms. The molecule has 0 saturated carbocycles.